The maximum Gasteiger partial charge on any atom is 0.416 e. The molecule has 2 heterocycles. The highest BCUT2D eigenvalue weighted by Gasteiger charge is 2.30. The molecule has 0 saturated heterocycles. The van der Waals surface area contributed by atoms with Gasteiger partial charge >= 0.3 is 6.18 Å². The van der Waals surface area contributed by atoms with Crippen LogP contribution in [0.25, 0.3) is 17.1 Å². The van der Waals surface area contributed by atoms with Crippen LogP contribution in [0.2, 0.25) is 0 Å². The van der Waals surface area contributed by atoms with Crippen LogP contribution in [0.3, 0.4) is 0 Å². The Labute approximate surface area is 196 Å². The van der Waals surface area contributed by atoms with E-state index in [4.69, 9.17) is 0 Å². The van der Waals surface area contributed by atoms with Crippen LogP contribution in [0.1, 0.15) is 17.2 Å². The van der Waals surface area contributed by atoms with Gasteiger partial charge in [-0.2, -0.15) is 13.2 Å². The van der Waals surface area contributed by atoms with Gasteiger partial charge in [0.2, 0.25) is 0 Å². The molecule has 0 saturated carbocycles. The average molecular weight is 483 g/mol. The zero-order valence-electron chi connectivity index (χ0n) is 17.5. The highest BCUT2D eigenvalue weighted by atomic mass is 32.2. The number of rotatable bonds is 4. The van der Waals surface area contributed by atoms with Crippen LogP contribution in [0, 0.1) is 5.82 Å². The number of anilines is 1. The first-order valence-electron chi connectivity index (χ1n) is 10.3. The van der Waals surface area contributed by atoms with Crippen LogP contribution < -0.4 is 5.32 Å². The van der Waals surface area contributed by atoms with Crippen LogP contribution in [-0.4, -0.2) is 25.7 Å². The molecule has 1 aliphatic heterocycles. The van der Waals surface area contributed by atoms with Crippen LogP contribution in [0.5, 0.6) is 0 Å². The summed E-state index contributed by atoms with van der Waals surface area (Å²) in [4.78, 5) is 8.94. The van der Waals surface area contributed by atoms with Crippen molar-refractivity contribution in [1.29, 1.82) is 0 Å². The van der Waals surface area contributed by atoms with E-state index in [0.29, 0.717) is 11.5 Å². The fraction of sp³-hybridized carbons (Fsp3) is 0.125. The summed E-state index contributed by atoms with van der Waals surface area (Å²) in [7, 11) is 0. The van der Waals surface area contributed by atoms with Gasteiger partial charge in [-0.1, -0.05) is 23.9 Å². The number of aromatic nitrogens is 3. The summed E-state index contributed by atoms with van der Waals surface area (Å²) >= 11 is 1.60. The molecule has 10 heteroatoms. The third-order valence-corrected chi connectivity index (χ3v) is 6.21. The van der Waals surface area contributed by atoms with Crippen molar-refractivity contribution < 1.29 is 17.6 Å². The van der Waals surface area contributed by atoms with Crippen molar-refractivity contribution in [1.82, 2.24) is 14.8 Å². The van der Waals surface area contributed by atoms with Crippen molar-refractivity contribution in [2.45, 2.75) is 12.2 Å². The number of nitrogens with zero attached hydrogens (tertiary/aromatic N) is 4. The average Bonchev–Trinajstić information content (AvgIpc) is 3.50. The number of nitrogens with one attached hydrogen (secondary N) is 1. The minimum atomic E-state index is -4.38. The van der Waals surface area contributed by atoms with E-state index >= 15 is 0 Å². The fourth-order valence-corrected chi connectivity index (χ4v) is 4.42. The Morgan fingerprint density at radius 3 is 2.29 bits per heavy atom. The quantitative estimate of drug-likeness (QED) is 0.344. The molecule has 34 heavy (non-hydrogen) atoms. The molecule has 1 aliphatic rings. The molecule has 0 amide bonds. The lowest BCUT2D eigenvalue weighted by Gasteiger charge is -2.07. The van der Waals surface area contributed by atoms with E-state index in [1.54, 1.807) is 23.9 Å². The monoisotopic (exact) mass is 483 g/mol. The third kappa shape index (κ3) is 4.81. The first-order chi connectivity index (χ1) is 16.3. The highest BCUT2D eigenvalue weighted by Crippen LogP contribution is 2.32. The van der Waals surface area contributed by atoms with Crippen LogP contribution in [0.15, 0.2) is 84.1 Å². The number of benzene rings is 3. The van der Waals surface area contributed by atoms with Gasteiger partial charge in [0.05, 0.1) is 17.3 Å². The molecule has 0 radical (unpaired) electrons. The predicted octanol–water partition coefficient (Wildman–Crippen LogP) is 6.35. The summed E-state index contributed by atoms with van der Waals surface area (Å²) in [6, 6.07) is 18.6. The second-order valence-corrected chi connectivity index (χ2v) is 8.58. The minimum Gasteiger partial charge on any atom is -0.335 e. The van der Waals surface area contributed by atoms with E-state index in [0.717, 1.165) is 39.9 Å². The Morgan fingerprint density at radius 1 is 0.912 bits per heavy atom. The normalized spacial score (nSPS) is 15.9. The molecule has 0 bridgehead atoms. The number of aliphatic imine (C=N–C) groups is 1. The second kappa shape index (κ2) is 8.94. The molecule has 5 nitrogen and oxygen atoms in total. The van der Waals surface area contributed by atoms with Gasteiger partial charge < -0.3 is 5.32 Å². The van der Waals surface area contributed by atoms with Gasteiger partial charge in [0.25, 0.3) is 0 Å². The molecule has 1 atom stereocenters. The standard InChI is InChI=1S/C24H17F4N5S/c25-18-7-1-15(2-8-18)21-13-34-23(31-21)30-19-9-3-16(4-10-19)22-29-14-33(32-22)20-11-5-17(6-12-20)24(26,27)28/h1-12,14,21H,13H2,(H,30,31). The maximum absolute atomic E-state index is 13.1. The van der Waals surface area contributed by atoms with E-state index in [9.17, 15) is 17.6 Å². The summed E-state index contributed by atoms with van der Waals surface area (Å²) in [6.07, 6.45) is -2.92. The molecule has 0 fully saturated rings. The Bertz CT molecular complexity index is 1310. The van der Waals surface area contributed by atoms with Crippen LogP contribution >= 0.6 is 11.8 Å². The lowest BCUT2D eigenvalue weighted by atomic mass is 10.1. The number of amidine groups is 1. The largest absolute Gasteiger partial charge is 0.416 e. The van der Waals surface area contributed by atoms with Crippen LogP contribution in [0.4, 0.5) is 23.2 Å². The highest BCUT2D eigenvalue weighted by molar-refractivity contribution is 8.14. The third-order valence-electron chi connectivity index (χ3n) is 5.25. The number of hydrogen-bond donors (Lipinski definition) is 1. The Balaban J connectivity index is 1.26. The fourth-order valence-electron chi connectivity index (χ4n) is 3.45. The number of halogens is 4. The smallest absolute Gasteiger partial charge is 0.335 e. The molecule has 4 aromatic rings. The molecule has 1 N–H and O–H groups in total. The number of thioether (sulfide) groups is 1. The van der Waals surface area contributed by atoms with Gasteiger partial charge in [0.1, 0.15) is 12.1 Å². The second-order valence-electron chi connectivity index (χ2n) is 7.57. The number of hydrogen-bond acceptors (Lipinski definition) is 5. The predicted molar refractivity (Wildman–Crippen MR) is 124 cm³/mol. The number of alkyl halides is 3. The molecule has 172 valence electrons. The first kappa shape index (κ1) is 22.1. The molecule has 1 aromatic heterocycles. The summed E-state index contributed by atoms with van der Waals surface area (Å²) in [5.74, 6) is 0.961. The van der Waals surface area contributed by atoms with E-state index in [1.165, 1.54) is 35.3 Å². The zero-order chi connectivity index (χ0) is 23.7. The van der Waals surface area contributed by atoms with Crippen molar-refractivity contribution in [3.63, 3.8) is 0 Å². The zero-order valence-corrected chi connectivity index (χ0v) is 18.3. The van der Waals surface area contributed by atoms with Gasteiger partial charge in [-0.25, -0.2) is 14.1 Å². The van der Waals surface area contributed by atoms with Gasteiger partial charge in [-0.15, -0.1) is 5.10 Å². The molecule has 0 aliphatic carbocycles. The lowest BCUT2D eigenvalue weighted by molar-refractivity contribution is -0.137. The summed E-state index contributed by atoms with van der Waals surface area (Å²) < 4.78 is 52.8. The SMILES string of the molecule is Fc1ccc(C2CSC(Nc3ccc(-c4ncn(-c5ccc(C(F)(F)F)cc5)n4)cc3)=N2)cc1. The van der Waals surface area contributed by atoms with Crippen molar-refractivity contribution in [3.8, 4) is 17.1 Å². The topological polar surface area (TPSA) is 55.1 Å². The van der Waals surface area contributed by atoms with E-state index in [1.807, 2.05) is 24.3 Å². The Morgan fingerprint density at radius 2 is 1.62 bits per heavy atom. The molecule has 3 aromatic carbocycles. The van der Waals surface area contributed by atoms with Gasteiger partial charge in [-0.3, -0.25) is 4.99 Å². The molecule has 0 spiro atoms. The van der Waals surface area contributed by atoms with Gasteiger partial charge in [-0.05, 0) is 66.2 Å². The van der Waals surface area contributed by atoms with Gasteiger partial charge in [0, 0.05) is 17.0 Å². The Hall–Kier alpha value is -3.66. The van der Waals surface area contributed by atoms with Gasteiger partial charge in [0.15, 0.2) is 11.0 Å². The molecule has 5 rings (SSSR count). The Kier molecular flexibility index (Phi) is 5.82. The minimum absolute atomic E-state index is 0.0225. The summed E-state index contributed by atoms with van der Waals surface area (Å²) in [5, 5.41) is 8.44. The maximum atomic E-state index is 13.1. The molecular formula is C24H17F4N5S. The lowest BCUT2D eigenvalue weighted by Crippen LogP contribution is -2.05. The van der Waals surface area contributed by atoms with Crippen molar-refractivity contribution in [2.24, 2.45) is 4.99 Å². The van der Waals surface area contributed by atoms with Crippen molar-refractivity contribution in [2.75, 3.05) is 11.1 Å². The van der Waals surface area contributed by atoms with E-state index < -0.39 is 11.7 Å². The molecule has 1 unspecified atom stereocenters. The van der Waals surface area contributed by atoms with Crippen molar-refractivity contribution >= 4 is 22.6 Å². The summed E-state index contributed by atoms with van der Waals surface area (Å²) in [5.41, 5.74) is 2.35. The van der Waals surface area contributed by atoms with Crippen molar-refractivity contribution in [3.05, 3.63) is 96.1 Å². The van der Waals surface area contributed by atoms with Crippen LogP contribution in [-0.2, 0) is 6.18 Å². The molecular weight excluding hydrogens is 466 g/mol. The summed E-state index contributed by atoms with van der Waals surface area (Å²) in [6.45, 7) is 0. The first-order valence-corrected chi connectivity index (χ1v) is 11.3. The van der Waals surface area contributed by atoms with E-state index in [-0.39, 0.29) is 11.9 Å². The van der Waals surface area contributed by atoms with E-state index in [2.05, 4.69) is 20.4 Å².